The maximum atomic E-state index is 15.3. The van der Waals surface area contributed by atoms with Crippen LogP contribution in [0, 0.1) is 35.5 Å². The molecule has 1 rings (SSSR count). The van der Waals surface area contributed by atoms with Gasteiger partial charge in [0.1, 0.15) is 66.5 Å². The lowest BCUT2D eigenvalue weighted by atomic mass is 9.91. The van der Waals surface area contributed by atoms with Gasteiger partial charge >= 0.3 is 5.97 Å². The number of aliphatic hydroxyl groups is 2. The molecule has 0 aromatic carbocycles. The van der Waals surface area contributed by atoms with Crippen molar-refractivity contribution >= 4 is 82.7 Å². The number of aliphatic hydroxyl groups excluding tert-OH is 1. The van der Waals surface area contributed by atoms with E-state index in [4.69, 9.17) is 4.74 Å². The monoisotopic (exact) mass is 1360 g/mol. The first-order valence-electron chi connectivity index (χ1n) is 33.6. The van der Waals surface area contributed by atoms with E-state index in [1.165, 1.54) is 104 Å². The van der Waals surface area contributed by atoms with Crippen molar-refractivity contribution in [3.8, 4) is 0 Å². The Morgan fingerprint density at radius 2 is 1.02 bits per heavy atom. The quantitative estimate of drug-likeness (QED) is 0.0545. The second-order valence-electron chi connectivity index (χ2n) is 28.4. The van der Waals surface area contributed by atoms with Crippen LogP contribution in [0.1, 0.15) is 169 Å². The van der Waals surface area contributed by atoms with Gasteiger partial charge < -0.3 is 70.5 Å². The number of nitrogens with one attached hydrogen (secondary N) is 4. The summed E-state index contributed by atoms with van der Waals surface area (Å²) in [6.45, 7) is 28.8. The van der Waals surface area contributed by atoms with Gasteiger partial charge in [0, 0.05) is 67.3 Å². The summed E-state index contributed by atoms with van der Waals surface area (Å²) in [7, 11) is 10.9. The molecule has 13 atom stereocenters. The standard InChI is InChI=1S/C68H121N11O15S/c1-26-28-29-43(13)56(81)55-60(85)71-46(27-2)62(87)77(22)51(37-95-33-32-52(80)94-25)65(90)76(21)50(36-68(16,17)93)59(84)72-53(41(9)10)66(91)73(18)47(31-30-38(3)4)58(83)69-44(14)57(82)70-45(15)61(86)74(19)48(34-39(5)6)63(88)75(20)49(35-40(7)8)64(89)78(23)54(42(11)12)67(92)79(55)24/h26,28,38-51,53-56,81,93H,27,29-37H2,1-25H3,(H,69,83)(H,70,82)(H,71,85)(H,72,84)/b28-26+/t43-,44-,45+,46-,47-,48+,49-,50+,51+,53-,54-,55+,56-/m1/s1. The minimum Gasteiger partial charge on any atom is -0.469 e. The summed E-state index contributed by atoms with van der Waals surface area (Å²) in [6, 6.07) is -14.8. The number of amides is 11. The molecule has 11 amide bonds. The maximum absolute atomic E-state index is 15.3. The molecule has 1 fully saturated rings. The molecule has 0 radical (unpaired) electrons. The highest BCUT2D eigenvalue weighted by atomic mass is 32.2. The third-order valence-electron chi connectivity index (χ3n) is 17.7. The Labute approximate surface area is 571 Å². The van der Waals surface area contributed by atoms with E-state index in [0.717, 1.165) is 26.5 Å². The first-order valence-corrected chi connectivity index (χ1v) is 34.8. The van der Waals surface area contributed by atoms with Crippen molar-refractivity contribution in [2.24, 2.45) is 35.5 Å². The lowest BCUT2D eigenvalue weighted by Gasteiger charge is -2.41. The van der Waals surface area contributed by atoms with E-state index in [1.807, 2.05) is 41.5 Å². The number of allylic oxidation sites excluding steroid dienone is 2. The second kappa shape index (κ2) is 39.8. The number of nitrogens with zero attached hydrogens (tertiary/aromatic N) is 7. The molecule has 27 heteroatoms. The van der Waals surface area contributed by atoms with Crippen LogP contribution >= 0.6 is 11.8 Å². The average molecular weight is 1360 g/mol. The van der Waals surface area contributed by atoms with Crippen molar-refractivity contribution in [1.82, 2.24) is 55.6 Å². The normalized spacial score (nSPS) is 26.2. The molecule has 6 N–H and O–H groups in total. The summed E-state index contributed by atoms with van der Waals surface area (Å²) in [6.07, 6.45) is 2.50. The van der Waals surface area contributed by atoms with Crippen LogP contribution in [0.15, 0.2) is 12.2 Å². The topological polar surface area (TPSA) is 325 Å². The van der Waals surface area contributed by atoms with Crippen molar-refractivity contribution in [1.29, 1.82) is 0 Å². The Hall–Kier alpha value is -6.35. The lowest BCUT2D eigenvalue weighted by molar-refractivity contribution is -0.157. The molecule has 0 unspecified atom stereocenters. The van der Waals surface area contributed by atoms with Gasteiger partial charge in [0.15, 0.2) is 0 Å². The first kappa shape index (κ1) is 86.7. The number of hydrogen-bond donors (Lipinski definition) is 6. The predicted octanol–water partition coefficient (Wildman–Crippen LogP) is 3.44. The van der Waals surface area contributed by atoms with Crippen LogP contribution in [0.3, 0.4) is 0 Å². The molecule has 0 spiro atoms. The van der Waals surface area contributed by atoms with Crippen LogP contribution in [-0.4, -0.2) is 262 Å². The zero-order valence-electron chi connectivity index (χ0n) is 61.9. The summed E-state index contributed by atoms with van der Waals surface area (Å²) in [4.78, 5) is 184. The molecule has 0 saturated carbocycles. The van der Waals surface area contributed by atoms with Crippen molar-refractivity contribution < 1.29 is 72.5 Å². The molecule has 544 valence electrons. The number of methoxy groups -OCH3 is 1. The molecule has 0 aromatic rings. The van der Waals surface area contributed by atoms with Gasteiger partial charge in [0.2, 0.25) is 65.0 Å². The van der Waals surface area contributed by atoms with Crippen LogP contribution in [-0.2, 0) is 62.3 Å². The number of carbonyl (C=O) groups is 12. The molecule has 1 aliphatic rings. The van der Waals surface area contributed by atoms with Crippen molar-refractivity contribution in [3.63, 3.8) is 0 Å². The van der Waals surface area contributed by atoms with Crippen LogP contribution in [0.25, 0.3) is 0 Å². The largest absolute Gasteiger partial charge is 0.469 e. The first-order chi connectivity index (χ1) is 43.9. The van der Waals surface area contributed by atoms with E-state index in [9.17, 15) is 39.0 Å². The van der Waals surface area contributed by atoms with Crippen molar-refractivity contribution in [2.75, 3.05) is 67.9 Å². The zero-order chi connectivity index (χ0) is 73.6. The molecular formula is C68H121N11O15S. The Balaban J connectivity index is 4.59. The van der Waals surface area contributed by atoms with Gasteiger partial charge in [-0.3, -0.25) is 57.5 Å². The molecule has 0 aliphatic carbocycles. The van der Waals surface area contributed by atoms with Gasteiger partial charge in [-0.2, -0.15) is 11.8 Å². The summed E-state index contributed by atoms with van der Waals surface area (Å²) >= 11 is 1.12. The molecule has 1 heterocycles. The Bertz CT molecular complexity index is 2630. The SMILES string of the molecule is C/C=C/C[C@@H](C)[C@@H](O)[C@H]1C(=O)N[C@H](CC)C(=O)N(C)[C@@H](CSCCC(=O)OC)C(=O)N(C)[C@@H](CC(C)(C)O)C(=O)N[C@H](C(C)C)C(=O)N(C)[C@H](CCC(C)C)C(=O)N[C@H](C)C(=O)N[C@@H](C)C(=O)N(C)[C@@H](CC(C)C)C(=O)N(C)[C@H](CC(C)C)C(=O)N(C)[C@H](C(C)C)C(=O)N1C. The van der Waals surface area contributed by atoms with Crippen molar-refractivity contribution in [2.45, 2.75) is 247 Å². The number of likely N-dealkylation sites (N-methyl/N-ethyl adjacent to an activating group) is 7. The van der Waals surface area contributed by atoms with Crippen LogP contribution in [0.4, 0.5) is 0 Å². The fourth-order valence-electron chi connectivity index (χ4n) is 11.5. The van der Waals surface area contributed by atoms with Crippen LogP contribution in [0.5, 0.6) is 0 Å². The molecule has 1 saturated heterocycles. The van der Waals surface area contributed by atoms with Gasteiger partial charge in [0.25, 0.3) is 0 Å². The highest BCUT2D eigenvalue weighted by Crippen LogP contribution is 2.27. The van der Waals surface area contributed by atoms with Crippen LogP contribution < -0.4 is 21.3 Å². The molecule has 1 aliphatic heterocycles. The number of carbonyl (C=O) groups excluding carboxylic acids is 12. The zero-order valence-corrected chi connectivity index (χ0v) is 62.7. The lowest BCUT2D eigenvalue weighted by Crippen LogP contribution is -2.64. The number of hydrogen-bond acceptors (Lipinski definition) is 16. The second-order valence-corrected chi connectivity index (χ2v) is 29.6. The third-order valence-corrected chi connectivity index (χ3v) is 18.7. The van der Waals surface area contributed by atoms with Gasteiger partial charge in [0.05, 0.1) is 25.2 Å². The minimum atomic E-state index is -1.70. The van der Waals surface area contributed by atoms with E-state index in [2.05, 4.69) is 21.3 Å². The van der Waals surface area contributed by atoms with Gasteiger partial charge in [-0.15, -0.1) is 0 Å². The molecule has 0 bridgehead atoms. The molecule has 95 heavy (non-hydrogen) atoms. The fraction of sp³-hybridized carbons (Fsp3) is 0.794. The number of rotatable bonds is 21. The molecule has 0 aromatic heterocycles. The van der Waals surface area contributed by atoms with E-state index in [0.29, 0.717) is 6.42 Å². The summed E-state index contributed by atoms with van der Waals surface area (Å²) in [5.74, 6) is -11.1. The summed E-state index contributed by atoms with van der Waals surface area (Å²) < 4.78 is 4.84. The van der Waals surface area contributed by atoms with Gasteiger partial charge in [-0.05, 0) is 109 Å². The van der Waals surface area contributed by atoms with Crippen LogP contribution in [0.2, 0.25) is 0 Å². The summed E-state index contributed by atoms with van der Waals surface area (Å²) in [5.41, 5.74) is -1.63. The molecule has 26 nitrogen and oxygen atoms in total. The maximum Gasteiger partial charge on any atom is 0.306 e. The van der Waals surface area contributed by atoms with Gasteiger partial charge in [-0.1, -0.05) is 95.2 Å². The predicted molar refractivity (Wildman–Crippen MR) is 367 cm³/mol. The Morgan fingerprint density at radius 1 is 0.558 bits per heavy atom. The highest BCUT2D eigenvalue weighted by Gasteiger charge is 2.47. The highest BCUT2D eigenvalue weighted by molar-refractivity contribution is 7.99. The smallest absolute Gasteiger partial charge is 0.306 e. The van der Waals surface area contributed by atoms with E-state index < -0.39 is 167 Å². The molecular weight excluding hydrogens is 1240 g/mol. The Morgan fingerprint density at radius 3 is 1.49 bits per heavy atom. The number of ether oxygens (including phenoxy) is 1. The minimum absolute atomic E-state index is 0.0496. The number of esters is 1. The third kappa shape index (κ3) is 25.5. The number of thioether (sulfide) groups is 1. The van der Waals surface area contributed by atoms with Gasteiger partial charge in [-0.25, -0.2) is 0 Å². The average Bonchev–Trinajstić information content (AvgIpc) is 0.812. The summed E-state index contributed by atoms with van der Waals surface area (Å²) in [5, 5.41) is 34.6. The van der Waals surface area contributed by atoms with E-state index >= 15 is 28.8 Å². The van der Waals surface area contributed by atoms with Crippen molar-refractivity contribution in [3.05, 3.63) is 12.2 Å². The van der Waals surface area contributed by atoms with E-state index in [-0.39, 0.29) is 74.2 Å². The van der Waals surface area contributed by atoms with E-state index in [1.54, 1.807) is 60.6 Å². The fourth-order valence-corrected chi connectivity index (χ4v) is 12.6. The Kier molecular flexibility index (Phi) is 36.3.